The number of carbonyl (C=O) groups excluding carboxylic acids is 1. The number of hydrogen-bond acceptors (Lipinski definition) is 6. The summed E-state index contributed by atoms with van der Waals surface area (Å²) in [7, 11) is 1.70. The second-order valence-electron chi connectivity index (χ2n) is 7.87. The third kappa shape index (κ3) is 4.54. The van der Waals surface area contributed by atoms with Crippen molar-refractivity contribution < 1.29 is 13.9 Å². The molecule has 1 fully saturated rings. The lowest BCUT2D eigenvalue weighted by Gasteiger charge is -2.26. The number of nitrogen functional groups attached to an aromatic ring is 1. The molecule has 10 heteroatoms. The standard InChI is InChI=1S/C23H22BrFN6O2/c1-13(33-21-8-14(24)12-28-22(21)27)18-9-15(25)5-6-17(18)23(32)31-7-3-4-20(31)19-10-16(11-26)30(2)29-19/h5-6,8-10,12-13,20H,3-4,7H2,1-2H3,(H2,27,28)/t13-,20+/m1/s1. The molecule has 33 heavy (non-hydrogen) atoms. The quantitative estimate of drug-likeness (QED) is 0.545. The summed E-state index contributed by atoms with van der Waals surface area (Å²) in [6.07, 6.45) is 2.42. The number of likely N-dealkylation sites (tertiary alicyclic amines) is 1. The van der Waals surface area contributed by atoms with E-state index in [9.17, 15) is 14.4 Å². The minimum absolute atomic E-state index is 0.192. The summed E-state index contributed by atoms with van der Waals surface area (Å²) in [5.41, 5.74) is 7.75. The number of benzene rings is 1. The Kier molecular flexibility index (Phi) is 6.33. The number of nitriles is 1. The molecule has 4 rings (SSSR count). The number of nitrogens with two attached hydrogens (primary N) is 1. The number of aryl methyl sites for hydroxylation is 1. The minimum atomic E-state index is -0.667. The van der Waals surface area contributed by atoms with Gasteiger partial charge in [-0.1, -0.05) is 0 Å². The number of rotatable bonds is 5. The summed E-state index contributed by atoms with van der Waals surface area (Å²) in [5.74, 6) is -0.195. The van der Waals surface area contributed by atoms with E-state index < -0.39 is 11.9 Å². The number of pyridine rings is 1. The van der Waals surface area contributed by atoms with Crippen LogP contribution < -0.4 is 10.5 Å². The average Bonchev–Trinajstić information content (AvgIpc) is 3.42. The molecule has 2 aromatic heterocycles. The van der Waals surface area contributed by atoms with Gasteiger partial charge in [0, 0.05) is 35.4 Å². The summed E-state index contributed by atoms with van der Waals surface area (Å²) in [4.78, 5) is 19.4. The van der Waals surface area contributed by atoms with E-state index >= 15 is 0 Å². The van der Waals surface area contributed by atoms with E-state index in [-0.39, 0.29) is 17.8 Å². The number of nitrogens with zero attached hydrogens (tertiary/aromatic N) is 5. The highest BCUT2D eigenvalue weighted by Crippen LogP contribution is 2.35. The van der Waals surface area contributed by atoms with Gasteiger partial charge in [-0.2, -0.15) is 10.4 Å². The first kappa shape index (κ1) is 22.7. The summed E-state index contributed by atoms with van der Waals surface area (Å²) in [5, 5.41) is 13.7. The summed E-state index contributed by atoms with van der Waals surface area (Å²) in [6, 6.07) is 9.26. The maximum atomic E-state index is 14.2. The van der Waals surface area contributed by atoms with Gasteiger partial charge < -0.3 is 15.4 Å². The molecule has 3 heterocycles. The Morgan fingerprint density at radius 3 is 2.91 bits per heavy atom. The van der Waals surface area contributed by atoms with Gasteiger partial charge in [-0.25, -0.2) is 9.37 Å². The second kappa shape index (κ2) is 9.19. The zero-order valence-electron chi connectivity index (χ0n) is 18.1. The number of ether oxygens (including phenoxy) is 1. The van der Waals surface area contributed by atoms with E-state index in [1.54, 1.807) is 37.2 Å². The molecule has 3 aromatic rings. The Morgan fingerprint density at radius 2 is 2.18 bits per heavy atom. The monoisotopic (exact) mass is 512 g/mol. The van der Waals surface area contributed by atoms with Gasteiger partial charge in [-0.15, -0.1) is 0 Å². The highest BCUT2D eigenvalue weighted by atomic mass is 79.9. The van der Waals surface area contributed by atoms with E-state index in [1.165, 1.54) is 22.9 Å². The van der Waals surface area contributed by atoms with E-state index in [0.717, 1.165) is 12.8 Å². The van der Waals surface area contributed by atoms with Gasteiger partial charge in [-0.05, 0) is 66.0 Å². The third-order valence-electron chi connectivity index (χ3n) is 5.70. The van der Waals surface area contributed by atoms with Crippen LogP contribution in [0, 0.1) is 17.1 Å². The fourth-order valence-electron chi connectivity index (χ4n) is 4.07. The first-order chi connectivity index (χ1) is 15.8. The molecule has 0 bridgehead atoms. The Morgan fingerprint density at radius 1 is 1.39 bits per heavy atom. The Hall–Kier alpha value is -3.45. The van der Waals surface area contributed by atoms with Crippen LogP contribution in [0.2, 0.25) is 0 Å². The van der Waals surface area contributed by atoms with Gasteiger partial charge in [0.2, 0.25) is 0 Å². The fourth-order valence-corrected chi connectivity index (χ4v) is 4.38. The van der Waals surface area contributed by atoms with E-state index in [1.807, 2.05) is 0 Å². The lowest BCUT2D eigenvalue weighted by atomic mass is 10.0. The van der Waals surface area contributed by atoms with Crippen LogP contribution in [0.5, 0.6) is 5.75 Å². The van der Waals surface area contributed by atoms with Crippen molar-refractivity contribution in [1.29, 1.82) is 5.26 Å². The normalized spacial score (nSPS) is 16.5. The van der Waals surface area contributed by atoms with Gasteiger partial charge in [0.05, 0.1) is 11.7 Å². The third-order valence-corrected chi connectivity index (χ3v) is 6.14. The first-order valence-electron chi connectivity index (χ1n) is 10.4. The molecular weight excluding hydrogens is 491 g/mol. The molecule has 0 aliphatic carbocycles. The zero-order chi connectivity index (χ0) is 23.7. The lowest BCUT2D eigenvalue weighted by Crippen LogP contribution is -2.32. The number of hydrogen-bond donors (Lipinski definition) is 1. The van der Waals surface area contributed by atoms with E-state index in [4.69, 9.17) is 10.5 Å². The minimum Gasteiger partial charge on any atom is -0.482 e. The van der Waals surface area contributed by atoms with Crippen molar-refractivity contribution >= 4 is 27.7 Å². The van der Waals surface area contributed by atoms with Crippen LogP contribution in [0.25, 0.3) is 0 Å². The molecule has 1 aliphatic rings. The molecule has 0 radical (unpaired) electrons. The van der Waals surface area contributed by atoms with Crippen molar-refractivity contribution in [1.82, 2.24) is 19.7 Å². The predicted molar refractivity (Wildman–Crippen MR) is 123 cm³/mol. The molecule has 0 saturated carbocycles. The van der Waals surface area contributed by atoms with Crippen LogP contribution in [-0.2, 0) is 7.05 Å². The van der Waals surface area contributed by atoms with Crippen LogP contribution in [-0.4, -0.2) is 32.1 Å². The molecule has 2 atom stereocenters. The maximum Gasteiger partial charge on any atom is 0.254 e. The number of aromatic nitrogens is 3. The van der Waals surface area contributed by atoms with Crippen LogP contribution in [0.4, 0.5) is 10.2 Å². The topological polar surface area (TPSA) is 110 Å². The van der Waals surface area contributed by atoms with E-state index in [2.05, 4.69) is 32.1 Å². The van der Waals surface area contributed by atoms with Crippen molar-refractivity contribution in [3.05, 3.63) is 69.3 Å². The van der Waals surface area contributed by atoms with Crippen molar-refractivity contribution in [2.24, 2.45) is 7.05 Å². The van der Waals surface area contributed by atoms with Crippen LogP contribution in [0.3, 0.4) is 0 Å². The lowest BCUT2D eigenvalue weighted by molar-refractivity contribution is 0.0727. The molecule has 170 valence electrons. The smallest absolute Gasteiger partial charge is 0.254 e. The fraction of sp³-hybridized carbons (Fsp3) is 0.304. The summed E-state index contributed by atoms with van der Waals surface area (Å²) < 4.78 is 22.3. The Bertz CT molecular complexity index is 1250. The van der Waals surface area contributed by atoms with Crippen LogP contribution in [0.1, 0.15) is 59.2 Å². The SMILES string of the molecule is C[C@@H](Oc1cc(Br)cnc1N)c1cc(F)ccc1C(=O)N1CCC[C@H]1c1cc(C#N)n(C)n1. The highest BCUT2D eigenvalue weighted by Gasteiger charge is 2.34. The van der Waals surface area contributed by atoms with Crippen molar-refractivity contribution in [2.45, 2.75) is 31.9 Å². The molecule has 0 unspecified atom stereocenters. The molecule has 1 amide bonds. The highest BCUT2D eigenvalue weighted by molar-refractivity contribution is 9.10. The summed E-state index contributed by atoms with van der Waals surface area (Å²) >= 11 is 3.33. The second-order valence-corrected chi connectivity index (χ2v) is 8.79. The molecule has 8 nitrogen and oxygen atoms in total. The molecule has 2 N–H and O–H groups in total. The number of carbonyl (C=O) groups is 1. The Labute approximate surface area is 198 Å². The van der Waals surface area contributed by atoms with Crippen molar-refractivity contribution in [3.63, 3.8) is 0 Å². The Balaban J connectivity index is 1.65. The largest absolute Gasteiger partial charge is 0.482 e. The molecule has 1 aliphatic heterocycles. The van der Waals surface area contributed by atoms with Gasteiger partial charge in [0.15, 0.2) is 11.6 Å². The zero-order valence-corrected chi connectivity index (χ0v) is 19.7. The van der Waals surface area contributed by atoms with Gasteiger partial charge in [0.25, 0.3) is 5.91 Å². The predicted octanol–water partition coefficient (Wildman–Crippen LogP) is 4.29. The molecule has 0 spiro atoms. The van der Waals surface area contributed by atoms with Crippen LogP contribution >= 0.6 is 15.9 Å². The molecular formula is C23H22BrFN6O2. The van der Waals surface area contributed by atoms with Gasteiger partial charge in [0.1, 0.15) is 23.7 Å². The molecule has 1 aromatic carbocycles. The van der Waals surface area contributed by atoms with Crippen molar-refractivity contribution in [3.8, 4) is 11.8 Å². The molecule has 1 saturated heterocycles. The van der Waals surface area contributed by atoms with E-state index in [0.29, 0.717) is 39.3 Å². The average molecular weight is 513 g/mol. The number of anilines is 1. The van der Waals surface area contributed by atoms with Crippen molar-refractivity contribution in [2.75, 3.05) is 12.3 Å². The first-order valence-corrected chi connectivity index (χ1v) is 11.2. The van der Waals surface area contributed by atoms with Gasteiger partial charge >= 0.3 is 0 Å². The van der Waals surface area contributed by atoms with Gasteiger partial charge in [-0.3, -0.25) is 9.48 Å². The van der Waals surface area contributed by atoms with Crippen LogP contribution in [0.15, 0.2) is 41.0 Å². The summed E-state index contributed by atoms with van der Waals surface area (Å²) in [6.45, 7) is 2.27. The number of halogens is 2. The number of amides is 1. The maximum absolute atomic E-state index is 14.2.